The predicted octanol–water partition coefficient (Wildman–Crippen LogP) is 4.80. The molecule has 10 heteroatoms. The Morgan fingerprint density at radius 2 is 1.97 bits per heavy atom. The molecular formula is C26H20F3N5O2. The van der Waals surface area contributed by atoms with Crippen molar-refractivity contribution in [2.45, 2.75) is 25.2 Å². The van der Waals surface area contributed by atoms with Crippen molar-refractivity contribution in [3.8, 4) is 11.4 Å². The second-order valence-corrected chi connectivity index (χ2v) is 9.17. The van der Waals surface area contributed by atoms with Crippen LogP contribution in [-0.2, 0) is 11.2 Å². The number of rotatable bonds is 4. The number of carbonyl (C=O) groups is 1. The summed E-state index contributed by atoms with van der Waals surface area (Å²) in [5.41, 5.74) is 2.57. The quantitative estimate of drug-likeness (QED) is 0.428. The Morgan fingerprint density at radius 1 is 1.14 bits per heavy atom. The van der Waals surface area contributed by atoms with E-state index in [-0.39, 0.29) is 17.3 Å². The number of H-pyrrole nitrogens is 1. The lowest BCUT2D eigenvalue weighted by Crippen LogP contribution is -2.46. The van der Waals surface area contributed by atoms with Gasteiger partial charge in [-0.25, -0.2) is 23.1 Å². The van der Waals surface area contributed by atoms with Crippen LogP contribution in [0.1, 0.15) is 18.4 Å². The fourth-order valence-corrected chi connectivity index (χ4v) is 4.83. The molecule has 7 nitrogen and oxygen atoms in total. The third kappa shape index (κ3) is 3.88. The number of alkyl halides is 2. The smallest absolute Gasteiger partial charge is 0.255 e. The number of amides is 1. The molecule has 2 N–H and O–H groups in total. The second kappa shape index (κ2) is 8.18. The van der Waals surface area contributed by atoms with Gasteiger partial charge in [0.25, 0.3) is 5.56 Å². The van der Waals surface area contributed by atoms with E-state index in [0.29, 0.717) is 46.5 Å². The van der Waals surface area contributed by atoms with Gasteiger partial charge in [0.15, 0.2) is 17.5 Å². The lowest BCUT2D eigenvalue weighted by Gasteiger charge is -2.36. The number of anilines is 3. The summed E-state index contributed by atoms with van der Waals surface area (Å²) < 4.78 is 41.0. The van der Waals surface area contributed by atoms with Crippen LogP contribution in [0.3, 0.4) is 0 Å². The molecule has 6 rings (SSSR count). The van der Waals surface area contributed by atoms with E-state index in [1.54, 1.807) is 47.5 Å². The van der Waals surface area contributed by atoms with Gasteiger partial charge in [0.05, 0.1) is 6.20 Å². The molecule has 0 saturated heterocycles. The van der Waals surface area contributed by atoms with Crippen LogP contribution >= 0.6 is 0 Å². The van der Waals surface area contributed by atoms with Gasteiger partial charge in [-0.05, 0) is 59.8 Å². The van der Waals surface area contributed by atoms with Crippen LogP contribution in [0.2, 0.25) is 0 Å². The number of pyridine rings is 1. The number of carbonyl (C=O) groups excluding carboxylic acids is 1. The molecule has 4 aromatic rings. The molecule has 0 unspecified atom stereocenters. The minimum Gasteiger partial charge on any atom is -0.338 e. The molecule has 2 aliphatic rings. The molecule has 2 aromatic carbocycles. The molecule has 0 radical (unpaired) electrons. The van der Waals surface area contributed by atoms with Gasteiger partial charge in [0.1, 0.15) is 0 Å². The van der Waals surface area contributed by atoms with Gasteiger partial charge in [0, 0.05) is 53.8 Å². The molecule has 36 heavy (non-hydrogen) atoms. The first-order chi connectivity index (χ1) is 17.3. The van der Waals surface area contributed by atoms with Crippen LogP contribution in [0.15, 0.2) is 59.7 Å². The number of aromatic nitrogens is 3. The number of benzene rings is 2. The van der Waals surface area contributed by atoms with Gasteiger partial charge in [0.2, 0.25) is 11.8 Å². The summed E-state index contributed by atoms with van der Waals surface area (Å²) in [6.07, 6.45) is 2.41. The molecule has 1 amide bonds. The zero-order valence-corrected chi connectivity index (χ0v) is 18.9. The number of nitrogens with zero attached hydrogens (tertiary/aromatic N) is 3. The summed E-state index contributed by atoms with van der Waals surface area (Å²) in [6, 6.07) is 12.1. The van der Waals surface area contributed by atoms with E-state index in [1.165, 1.54) is 0 Å². The SMILES string of the molecule is O=C(C1CC(F)(F)C1)N1CCc2cc(-c3ncc(F)c(Nc4ccc5c(=O)[nH]ccc5c4)n3)ccc21. The first kappa shape index (κ1) is 22.3. The van der Waals surface area contributed by atoms with Gasteiger partial charge in [-0.15, -0.1) is 0 Å². The van der Waals surface area contributed by atoms with E-state index in [1.807, 2.05) is 6.07 Å². The summed E-state index contributed by atoms with van der Waals surface area (Å²) >= 11 is 0. The number of nitrogens with one attached hydrogen (secondary N) is 2. The Hall–Kier alpha value is -4.21. The number of aromatic amines is 1. The number of hydrogen-bond acceptors (Lipinski definition) is 5. The highest BCUT2D eigenvalue weighted by atomic mass is 19.3. The van der Waals surface area contributed by atoms with Crippen molar-refractivity contribution in [3.05, 3.63) is 76.6 Å². The first-order valence-electron chi connectivity index (χ1n) is 11.5. The van der Waals surface area contributed by atoms with Crippen molar-refractivity contribution in [1.82, 2.24) is 15.0 Å². The maximum Gasteiger partial charge on any atom is 0.255 e. The molecule has 2 aromatic heterocycles. The predicted molar refractivity (Wildman–Crippen MR) is 129 cm³/mol. The Balaban J connectivity index is 1.25. The van der Waals surface area contributed by atoms with E-state index < -0.39 is 30.5 Å². The minimum atomic E-state index is -2.75. The Kier molecular flexibility index (Phi) is 5.06. The number of hydrogen-bond donors (Lipinski definition) is 2. The summed E-state index contributed by atoms with van der Waals surface area (Å²) in [6.45, 7) is 0.432. The van der Waals surface area contributed by atoms with Crippen molar-refractivity contribution in [2.75, 3.05) is 16.8 Å². The summed E-state index contributed by atoms with van der Waals surface area (Å²) in [7, 11) is 0. The zero-order chi connectivity index (χ0) is 25.0. The average molecular weight is 491 g/mol. The van der Waals surface area contributed by atoms with Crippen LogP contribution in [-0.4, -0.2) is 33.3 Å². The van der Waals surface area contributed by atoms with E-state index in [2.05, 4.69) is 20.3 Å². The zero-order valence-electron chi connectivity index (χ0n) is 18.9. The highest BCUT2D eigenvalue weighted by Gasteiger charge is 2.50. The van der Waals surface area contributed by atoms with Crippen LogP contribution < -0.4 is 15.8 Å². The molecule has 3 heterocycles. The Labute approximate surface area is 203 Å². The lowest BCUT2D eigenvalue weighted by atomic mass is 9.80. The molecule has 1 saturated carbocycles. The van der Waals surface area contributed by atoms with Crippen LogP contribution in [0.25, 0.3) is 22.2 Å². The minimum absolute atomic E-state index is 0.0209. The van der Waals surface area contributed by atoms with E-state index in [4.69, 9.17) is 0 Å². The third-order valence-corrected chi connectivity index (χ3v) is 6.72. The standard InChI is InChI=1S/C26H20F3N5O2/c27-20-13-31-22(33-23(20)32-18-2-3-19-14(10-18)5-7-30-24(19)35)16-1-4-21-15(9-16)6-8-34(21)25(36)17-11-26(28,29)12-17/h1-5,7,9-10,13,17H,6,8,11-12H2,(H,30,35)(H,31,32,33). The highest BCUT2D eigenvalue weighted by molar-refractivity contribution is 5.98. The van der Waals surface area contributed by atoms with Crippen molar-refractivity contribution >= 4 is 33.9 Å². The van der Waals surface area contributed by atoms with Gasteiger partial charge in [-0.1, -0.05) is 0 Å². The number of halogens is 3. The van der Waals surface area contributed by atoms with Crippen LogP contribution in [0.4, 0.5) is 30.4 Å². The van der Waals surface area contributed by atoms with E-state index >= 15 is 0 Å². The monoisotopic (exact) mass is 491 g/mol. The maximum atomic E-state index is 14.5. The largest absolute Gasteiger partial charge is 0.338 e. The molecule has 0 atom stereocenters. The van der Waals surface area contributed by atoms with Gasteiger partial charge >= 0.3 is 0 Å². The lowest BCUT2D eigenvalue weighted by molar-refractivity contribution is -0.147. The fourth-order valence-electron chi connectivity index (χ4n) is 4.83. The summed E-state index contributed by atoms with van der Waals surface area (Å²) in [5, 5.41) is 4.16. The van der Waals surface area contributed by atoms with Crippen molar-refractivity contribution in [1.29, 1.82) is 0 Å². The molecule has 1 aliphatic carbocycles. The Bertz CT molecular complexity index is 1580. The molecule has 1 aliphatic heterocycles. The molecule has 0 bridgehead atoms. The first-order valence-corrected chi connectivity index (χ1v) is 11.5. The van der Waals surface area contributed by atoms with Crippen molar-refractivity contribution in [3.63, 3.8) is 0 Å². The molecule has 1 fully saturated rings. The summed E-state index contributed by atoms with van der Waals surface area (Å²) in [5.74, 6) is -4.03. The maximum absolute atomic E-state index is 14.5. The van der Waals surface area contributed by atoms with E-state index in [9.17, 15) is 22.8 Å². The van der Waals surface area contributed by atoms with Crippen molar-refractivity contribution in [2.24, 2.45) is 5.92 Å². The highest BCUT2D eigenvalue weighted by Crippen LogP contribution is 2.44. The topological polar surface area (TPSA) is 91.0 Å². The van der Waals surface area contributed by atoms with Crippen molar-refractivity contribution < 1.29 is 18.0 Å². The number of fused-ring (bicyclic) bond motifs is 2. The van der Waals surface area contributed by atoms with Gasteiger partial charge < -0.3 is 15.2 Å². The van der Waals surface area contributed by atoms with Gasteiger partial charge in [-0.2, -0.15) is 0 Å². The van der Waals surface area contributed by atoms with Gasteiger partial charge in [-0.3, -0.25) is 9.59 Å². The van der Waals surface area contributed by atoms with E-state index in [0.717, 1.165) is 11.8 Å². The normalized spacial score (nSPS) is 16.6. The molecule has 0 spiro atoms. The summed E-state index contributed by atoms with van der Waals surface area (Å²) in [4.78, 5) is 37.3. The Morgan fingerprint density at radius 3 is 2.78 bits per heavy atom. The molecular weight excluding hydrogens is 471 g/mol. The fraction of sp³-hybridized carbons (Fsp3) is 0.231. The average Bonchev–Trinajstić information content (AvgIpc) is 3.27. The second-order valence-electron chi connectivity index (χ2n) is 9.17. The third-order valence-electron chi connectivity index (χ3n) is 6.72. The van der Waals surface area contributed by atoms with Crippen LogP contribution in [0.5, 0.6) is 0 Å². The molecule has 182 valence electrons. The van der Waals surface area contributed by atoms with Crippen LogP contribution in [0, 0.1) is 11.7 Å².